The molecule has 10 aromatic rings. The smallest absolute Gasteiger partial charge is 0.164 e. The summed E-state index contributed by atoms with van der Waals surface area (Å²) in [6, 6.07) is 46.1. The average molecular weight is 686 g/mol. The Morgan fingerprint density at radius 3 is 1.94 bits per heavy atom. The van der Waals surface area contributed by atoms with Gasteiger partial charge in [0.2, 0.25) is 0 Å². The maximum Gasteiger partial charge on any atom is 0.164 e. The topological polar surface area (TPSA) is 41.9 Å². The van der Waals surface area contributed by atoms with Gasteiger partial charge in [0.25, 0.3) is 0 Å². The van der Waals surface area contributed by atoms with E-state index >= 15 is 0 Å². The molecule has 242 valence electrons. The number of hydrogen-bond donors (Lipinski definition) is 0. The molecule has 0 spiro atoms. The van der Waals surface area contributed by atoms with Crippen molar-refractivity contribution in [1.82, 2.24) is 15.0 Å². The van der Waals surface area contributed by atoms with Crippen LogP contribution in [0.5, 0.6) is 0 Å². The lowest BCUT2D eigenvalue weighted by molar-refractivity contribution is 1.07. The van der Waals surface area contributed by atoms with Crippen molar-refractivity contribution in [3.05, 3.63) is 170 Å². The van der Waals surface area contributed by atoms with Gasteiger partial charge in [-0.05, 0) is 76.3 Å². The third-order valence-electron chi connectivity index (χ3n) is 9.90. The molecule has 4 nitrogen and oxygen atoms in total. The van der Waals surface area contributed by atoms with E-state index in [2.05, 4.69) is 108 Å². The fourth-order valence-electron chi connectivity index (χ4n) is 7.50. The molecule has 8 aromatic carbocycles. The Morgan fingerprint density at radius 2 is 1.12 bits per heavy atom. The van der Waals surface area contributed by atoms with E-state index in [1.807, 2.05) is 36.4 Å². The zero-order chi connectivity index (χ0) is 38.5. The third kappa shape index (κ3) is 4.57. The quantitative estimate of drug-likeness (QED) is 0.185. The molecule has 0 saturated heterocycles. The summed E-state index contributed by atoms with van der Waals surface area (Å²) < 4.78 is 44.7. The SMILES string of the molecule is [2H]c1c([2H])c([2H])c(-c2nc(-c3ccc(N4c5cc6ccccc6cc5-c5cccc6cccc4c56)cc3)nc(-c3ccc4c(c3)sc3ccccc34)n2)c([2H])c1[2H]. The summed E-state index contributed by atoms with van der Waals surface area (Å²) in [5, 5.41) is 6.97. The average Bonchev–Trinajstić information content (AvgIpc) is 3.63. The lowest BCUT2D eigenvalue weighted by Gasteiger charge is -2.34. The molecule has 1 aliphatic rings. The van der Waals surface area contributed by atoms with Crippen molar-refractivity contribution in [2.24, 2.45) is 0 Å². The number of aromatic nitrogens is 3. The van der Waals surface area contributed by atoms with Crippen molar-refractivity contribution in [3.63, 3.8) is 0 Å². The van der Waals surface area contributed by atoms with Crippen molar-refractivity contribution in [3.8, 4) is 45.3 Å². The maximum atomic E-state index is 8.77. The summed E-state index contributed by atoms with van der Waals surface area (Å²) in [4.78, 5) is 16.9. The largest absolute Gasteiger partial charge is 0.309 e. The molecule has 52 heavy (non-hydrogen) atoms. The summed E-state index contributed by atoms with van der Waals surface area (Å²) >= 11 is 1.68. The first-order valence-electron chi connectivity index (χ1n) is 19.5. The summed E-state index contributed by atoms with van der Waals surface area (Å²) in [5.41, 5.74) is 6.81. The van der Waals surface area contributed by atoms with Crippen LogP contribution in [0.15, 0.2) is 170 Å². The monoisotopic (exact) mass is 685 g/mol. The van der Waals surface area contributed by atoms with E-state index in [4.69, 9.17) is 21.8 Å². The summed E-state index contributed by atoms with van der Waals surface area (Å²) in [5.74, 6) is 0.667. The molecule has 5 heteroatoms. The highest BCUT2D eigenvalue weighted by Crippen LogP contribution is 2.52. The van der Waals surface area contributed by atoms with Crippen LogP contribution in [-0.4, -0.2) is 15.0 Å². The molecule has 0 unspecified atom stereocenters. The van der Waals surface area contributed by atoms with Gasteiger partial charge in [0, 0.05) is 53.5 Å². The number of rotatable bonds is 4. The van der Waals surface area contributed by atoms with Gasteiger partial charge in [-0.2, -0.15) is 0 Å². The molecule has 0 bridgehead atoms. The molecule has 0 amide bonds. The minimum Gasteiger partial charge on any atom is -0.309 e. The molecular formula is C47H28N4S. The van der Waals surface area contributed by atoms with Crippen molar-refractivity contribution in [2.75, 3.05) is 4.90 Å². The molecule has 0 N–H and O–H groups in total. The maximum absolute atomic E-state index is 8.77. The first-order chi connectivity index (χ1) is 27.8. The van der Waals surface area contributed by atoms with Gasteiger partial charge in [0.15, 0.2) is 17.5 Å². The van der Waals surface area contributed by atoms with E-state index < -0.39 is 18.1 Å². The van der Waals surface area contributed by atoms with Crippen LogP contribution in [0.3, 0.4) is 0 Å². The van der Waals surface area contributed by atoms with Crippen molar-refractivity contribution < 1.29 is 6.85 Å². The second-order valence-electron chi connectivity index (χ2n) is 12.9. The van der Waals surface area contributed by atoms with Crippen LogP contribution in [0.2, 0.25) is 0 Å². The normalized spacial score (nSPS) is 13.5. The van der Waals surface area contributed by atoms with Crippen LogP contribution in [0.25, 0.3) is 87.0 Å². The predicted molar refractivity (Wildman–Crippen MR) is 218 cm³/mol. The number of fused-ring (bicyclic) bond motifs is 6. The molecule has 0 aliphatic carbocycles. The molecule has 0 saturated carbocycles. The molecule has 3 heterocycles. The van der Waals surface area contributed by atoms with E-state index in [0.29, 0.717) is 17.2 Å². The number of thiophene rings is 1. The van der Waals surface area contributed by atoms with Crippen molar-refractivity contribution in [1.29, 1.82) is 0 Å². The van der Waals surface area contributed by atoms with E-state index in [-0.39, 0.29) is 23.5 Å². The molecule has 2 aromatic heterocycles. The Balaban J connectivity index is 1.09. The van der Waals surface area contributed by atoms with Gasteiger partial charge >= 0.3 is 0 Å². The number of hydrogen-bond acceptors (Lipinski definition) is 5. The van der Waals surface area contributed by atoms with E-state index in [1.165, 1.54) is 26.4 Å². The van der Waals surface area contributed by atoms with Crippen LogP contribution < -0.4 is 4.90 Å². The molecular weight excluding hydrogens is 653 g/mol. The van der Waals surface area contributed by atoms with Gasteiger partial charge in [0.1, 0.15) is 0 Å². The third-order valence-corrected chi connectivity index (χ3v) is 11.0. The summed E-state index contributed by atoms with van der Waals surface area (Å²) in [6.45, 7) is 0. The molecule has 0 atom stereocenters. The highest BCUT2D eigenvalue weighted by Gasteiger charge is 2.26. The van der Waals surface area contributed by atoms with Gasteiger partial charge in [-0.3, -0.25) is 0 Å². The first kappa shape index (κ1) is 24.5. The van der Waals surface area contributed by atoms with Gasteiger partial charge < -0.3 is 4.90 Å². The van der Waals surface area contributed by atoms with Gasteiger partial charge in [-0.1, -0.05) is 115 Å². The Hall–Kier alpha value is -6.69. The van der Waals surface area contributed by atoms with Crippen LogP contribution in [-0.2, 0) is 0 Å². The highest BCUT2D eigenvalue weighted by molar-refractivity contribution is 7.25. The Labute approximate surface area is 311 Å². The van der Waals surface area contributed by atoms with Gasteiger partial charge in [-0.15, -0.1) is 11.3 Å². The van der Waals surface area contributed by atoms with Crippen LogP contribution in [0, 0.1) is 0 Å². The zero-order valence-corrected chi connectivity index (χ0v) is 28.3. The Bertz CT molecular complexity index is 3290. The van der Waals surface area contributed by atoms with Crippen molar-refractivity contribution >= 4 is 70.1 Å². The van der Waals surface area contributed by atoms with E-state index in [9.17, 15) is 0 Å². The summed E-state index contributed by atoms with van der Waals surface area (Å²) in [7, 11) is 0. The predicted octanol–water partition coefficient (Wildman–Crippen LogP) is 13.0. The van der Waals surface area contributed by atoms with Crippen molar-refractivity contribution in [2.45, 2.75) is 0 Å². The van der Waals surface area contributed by atoms with E-state index in [0.717, 1.165) is 49.0 Å². The fraction of sp³-hybridized carbons (Fsp3) is 0. The minimum absolute atomic E-state index is 0.00707. The number of anilines is 3. The van der Waals surface area contributed by atoms with Gasteiger partial charge in [-0.25, -0.2) is 15.0 Å². The van der Waals surface area contributed by atoms with Gasteiger partial charge in [0.05, 0.1) is 18.2 Å². The highest BCUT2D eigenvalue weighted by atomic mass is 32.1. The Kier molecular flexibility index (Phi) is 5.37. The van der Waals surface area contributed by atoms with Crippen LogP contribution in [0.1, 0.15) is 6.85 Å². The standard InChI is InChI=1S/C47H28N4S/c1-2-10-30(11-3-1)45-48-46(50-47(49-45)34-22-25-37-36-16-6-7-19-42(36)52-43(37)28-34)31-20-23-35(24-21-31)51-40-18-9-15-29-14-8-17-38(44(29)40)39-26-32-12-4-5-13-33(32)27-41(39)51/h1-28H/i1D,2D,3D,10D,11D. The summed E-state index contributed by atoms with van der Waals surface area (Å²) in [6.07, 6.45) is 0. The van der Waals surface area contributed by atoms with Crippen LogP contribution >= 0.6 is 11.3 Å². The molecule has 11 rings (SSSR count). The molecule has 1 aliphatic heterocycles. The number of benzene rings is 8. The fourth-order valence-corrected chi connectivity index (χ4v) is 8.65. The lowest BCUT2D eigenvalue weighted by Crippen LogP contribution is -2.15. The van der Waals surface area contributed by atoms with E-state index in [1.54, 1.807) is 11.3 Å². The van der Waals surface area contributed by atoms with Crippen LogP contribution in [0.4, 0.5) is 17.1 Å². The first-order valence-corrected chi connectivity index (χ1v) is 17.8. The minimum atomic E-state index is -0.473. The second-order valence-corrected chi connectivity index (χ2v) is 14.0. The Morgan fingerprint density at radius 1 is 0.462 bits per heavy atom. The molecule has 0 fully saturated rings. The second kappa shape index (κ2) is 11.4. The molecule has 0 radical (unpaired) electrons. The lowest BCUT2D eigenvalue weighted by atomic mass is 9.89. The number of nitrogens with zero attached hydrogens (tertiary/aromatic N) is 4. The zero-order valence-electron chi connectivity index (χ0n) is 32.5.